The molecule has 1 aliphatic heterocycles. The van der Waals surface area contributed by atoms with E-state index in [1.807, 2.05) is 24.3 Å². The van der Waals surface area contributed by atoms with Crippen LogP contribution in [0.3, 0.4) is 0 Å². The van der Waals surface area contributed by atoms with E-state index in [4.69, 9.17) is 13.8 Å². The number of hydrogen-bond donors (Lipinski definition) is 1. The van der Waals surface area contributed by atoms with E-state index >= 15 is 0 Å². The molecule has 0 bridgehead atoms. The van der Waals surface area contributed by atoms with Crippen molar-refractivity contribution in [3.8, 4) is 11.5 Å². The topological polar surface area (TPSA) is 56.8 Å². The Labute approximate surface area is 289 Å². The van der Waals surface area contributed by atoms with Crippen molar-refractivity contribution in [3.05, 3.63) is 53.1 Å². The maximum atomic E-state index is 12.7. The van der Waals surface area contributed by atoms with E-state index in [2.05, 4.69) is 65.7 Å². The molecule has 6 heteroatoms. The van der Waals surface area contributed by atoms with Crippen molar-refractivity contribution in [2.24, 2.45) is 0 Å². The van der Waals surface area contributed by atoms with Gasteiger partial charge < -0.3 is 13.8 Å². The maximum absolute atomic E-state index is 12.7. The number of rotatable bonds is 22. The second-order valence-corrected chi connectivity index (χ2v) is 16.7. The van der Waals surface area contributed by atoms with Gasteiger partial charge in [0.2, 0.25) is 0 Å². The Hall–Kier alpha value is -2.26. The fourth-order valence-corrected chi connectivity index (χ4v) is 7.38. The summed E-state index contributed by atoms with van der Waals surface area (Å²) in [6, 6.07) is 12.4. The number of nitrogens with one attached hydrogen (secondary N) is 1. The molecule has 0 fully saturated rings. The molecule has 2 aromatic carbocycles. The molecule has 0 aromatic heterocycles. The van der Waals surface area contributed by atoms with E-state index in [0.29, 0.717) is 19.4 Å². The SMILES string of the molecule is CCCCCCCCCCCCCCCCCCOC(=O)CCc1cc(C(C)(C)C)c(OP2Nc3ccccc3O2)c(C(C)(C)C)c1. The number of unbranched alkanes of at least 4 members (excludes halogenated alkanes) is 15. The van der Waals surface area contributed by atoms with Gasteiger partial charge in [-0.05, 0) is 41.4 Å². The van der Waals surface area contributed by atoms with Gasteiger partial charge in [-0.2, -0.15) is 0 Å². The van der Waals surface area contributed by atoms with Gasteiger partial charge in [0.05, 0.1) is 12.3 Å². The zero-order valence-electron chi connectivity index (χ0n) is 31.0. The minimum atomic E-state index is -1.35. The smallest absolute Gasteiger partial charge is 0.414 e. The lowest BCUT2D eigenvalue weighted by Crippen LogP contribution is -2.20. The van der Waals surface area contributed by atoms with Crippen LogP contribution < -0.4 is 14.1 Å². The standard InChI is InChI=1S/C41H66NO4P/c1-8-9-10-11-12-13-14-15-16-17-18-19-20-21-22-25-30-44-38(43)29-28-33-31-34(40(2,3)4)39(35(32-33)41(5,6)7)46-47-42-36-26-23-24-27-37(36)45-47/h23-24,26-27,31-32,42H,8-22,25,28-30H2,1-7H3. The highest BCUT2D eigenvalue weighted by Crippen LogP contribution is 2.53. The highest BCUT2D eigenvalue weighted by atomic mass is 31.2. The molecule has 0 aliphatic carbocycles. The van der Waals surface area contributed by atoms with Gasteiger partial charge in [0.25, 0.3) is 0 Å². The van der Waals surface area contributed by atoms with Gasteiger partial charge in [-0.25, -0.2) is 0 Å². The third-order valence-electron chi connectivity index (χ3n) is 9.10. The average molecular weight is 668 g/mol. The molecule has 0 spiro atoms. The van der Waals surface area contributed by atoms with Crippen molar-refractivity contribution in [2.45, 2.75) is 175 Å². The lowest BCUT2D eigenvalue weighted by molar-refractivity contribution is -0.143. The number of carbonyl (C=O) groups is 1. The molecule has 1 N–H and O–H groups in total. The summed E-state index contributed by atoms with van der Waals surface area (Å²) < 4.78 is 18.4. The largest absolute Gasteiger partial charge is 0.466 e. The normalized spacial score (nSPS) is 14.4. The number of aryl methyl sites for hydroxylation is 1. The van der Waals surface area contributed by atoms with Crippen LogP contribution in [0.2, 0.25) is 0 Å². The van der Waals surface area contributed by atoms with E-state index in [9.17, 15) is 4.79 Å². The molecule has 1 atom stereocenters. The van der Waals surface area contributed by atoms with Gasteiger partial charge in [-0.3, -0.25) is 9.88 Å². The Morgan fingerprint density at radius 2 is 1.21 bits per heavy atom. The summed E-state index contributed by atoms with van der Waals surface area (Å²) in [7, 11) is -1.35. The molecule has 47 heavy (non-hydrogen) atoms. The maximum Gasteiger partial charge on any atom is 0.414 e. The zero-order chi connectivity index (χ0) is 34.1. The van der Waals surface area contributed by atoms with E-state index in [1.54, 1.807) is 0 Å². The fraction of sp³-hybridized carbons (Fsp3) is 0.683. The minimum Gasteiger partial charge on any atom is -0.466 e. The number of esters is 1. The molecule has 0 saturated carbocycles. The van der Waals surface area contributed by atoms with Crippen molar-refractivity contribution >= 4 is 20.2 Å². The molecule has 264 valence electrons. The monoisotopic (exact) mass is 667 g/mol. The summed E-state index contributed by atoms with van der Waals surface area (Å²) in [5, 5.41) is 3.41. The van der Waals surface area contributed by atoms with Crippen LogP contribution in [0.1, 0.15) is 174 Å². The molecule has 5 nitrogen and oxygen atoms in total. The molecule has 0 saturated heterocycles. The third-order valence-corrected chi connectivity index (χ3v) is 10.2. The first-order valence-electron chi connectivity index (χ1n) is 18.8. The minimum absolute atomic E-state index is 0.106. The highest BCUT2D eigenvalue weighted by molar-refractivity contribution is 7.50. The first kappa shape index (κ1) is 39.2. The summed E-state index contributed by atoms with van der Waals surface area (Å²) in [6.07, 6.45) is 22.5. The summed E-state index contributed by atoms with van der Waals surface area (Å²) in [5.74, 6) is 1.60. The lowest BCUT2D eigenvalue weighted by atomic mass is 9.78. The Balaban J connectivity index is 1.36. The summed E-state index contributed by atoms with van der Waals surface area (Å²) in [4.78, 5) is 12.7. The van der Waals surface area contributed by atoms with Crippen LogP contribution >= 0.6 is 8.53 Å². The van der Waals surface area contributed by atoms with Gasteiger partial charge in [-0.1, -0.05) is 169 Å². The summed E-state index contributed by atoms with van der Waals surface area (Å²) in [6.45, 7) is 16.1. The zero-order valence-corrected chi connectivity index (χ0v) is 31.9. The van der Waals surface area contributed by atoms with Gasteiger partial charge in [0.1, 0.15) is 5.75 Å². The first-order chi connectivity index (χ1) is 22.5. The fourth-order valence-electron chi connectivity index (χ4n) is 6.17. The predicted octanol–water partition coefficient (Wildman–Crippen LogP) is 13.1. The van der Waals surface area contributed by atoms with Crippen molar-refractivity contribution in [2.75, 3.05) is 11.7 Å². The van der Waals surface area contributed by atoms with Crippen LogP contribution in [0.25, 0.3) is 0 Å². The number of fused-ring (bicyclic) bond motifs is 1. The van der Waals surface area contributed by atoms with Crippen LogP contribution in [-0.4, -0.2) is 12.6 Å². The molecule has 1 unspecified atom stereocenters. The van der Waals surface area contributed by atoms with Crippen LogP contribution in [0.5, 0.6) is 11.5 Å². The quantitative estimate of drug-likeness (QED) is 0.0769. The van der Waals surface area contributed by atoms with Crippen molar-refractivity contribution in [1.82, 2.24) is 0 Å². The first-order valence-corrected chi connectivity index (χ1v) is 20.0. The Kier molecular flexibility index (Phi) is 16.9. The van der Waals surface area contributed by atoms with E-state index < -0.39 is 8.53 Å². The van der Waals surface area contributed by atoms with Gasteiger partial charge >= 0.3 is 14.5 Å². The molecular weight excluding hydrogens is 601 g/mol. The van der Waals surface area contributed by atoms with Crippen LogP contribution in [0.4, 0.5) is 5.69 Å². The van der Waals surface area contributed by atoms with Crippen molar-refractivity contribution in [1.29, 1.82) is 0 Å². The van der Waals surface area contributed by atoms with Gasteiger partial charge in [0.15, 0.2) is 5.75 Å². The van der Waals surface area contributed by atoms with Crippen molar-refractivity contribution < 1.29 is 18.6 Å². The summed E-state index contributed by atoms with van der Waals surface area (Å²) >= 11 is 0. The molecule has 2 aromatic rings. The van der Waals surface area contributed by atoms with E-state index in [0.717, 1.165) is 46.7 Å². The summed E-state index contributed by atoms with van der Waals surface area (Å²) in [5.41, 5.74) is 4.06. The average Bonchev–Trinajstić information content (AvgIpc) is 3.43. The Morgan fingerprint density at radius 3 is 1.70 bits per heavy atom. The molecule has 3 rings (SSSR count). The Morgan fingerprint density at radius 1 is 0.723 bits per heavy atom. The van der Waals surface area contributed by atoms with E-state index in [1.165, 1.54) is 89.9 Å². The lowest BCUT2D eigenvalue weighted by Gasteiger charge is -2.31. The third kappa shape index (κ3) is 14.4. The van der Waals surface area contributed by atoms with Crippen LogP contribution in [-0.2, 0) is 26.8 Å². The van der Waals surface area contributed by atoms with Crippen molar-refractivity contribution in [3.63, 3.8) is 0 Å². The molecule has 1 heterocycles. The number of hydrogen-bond acceptors (Lipinski definition) is 5. The molecule has 0 amide bonds. The van der Waals surface area contributed by atoms with Gasteiger partial charge in [0, 0.05) is 17.5 Å². The molecule has 0 radical (unpaired) electrons. The van der Waals surface area contributed by atoms with Gasteiger partial charge in [-0.15, -0.1) is 0 Å². The highest BCUT2D eigenvalue weighted by Gasteiger charge is 2.33. The second-order valence-electron chi connectivity index (χ2n) is 15.6. The number of para-hydroxylation sites is 2. The number of benzene rings is 2. The number of anilines is 1. The molecule has 1 aliphatic rings. The molecular formula is C41H66NO4P. The predicted molar refractivity (Wildman–Crippen MR) is 201 cm³/mol. The Bertz CT molecular complexity index is 1140. The van der Waals surface area contributed by atoms with Crippen LogP contribution in [0, 0.1) is 0 Å². The van der Waals surface area contributed by atoms with E-state index in [-0.39, 0.29) is 16.8 Å². The second kappa shape index (κ2) is 20.3. The van der Waals surface area contributed by atoms with Crippen LogP contribution in [0.15, 0.2) is 36.4 Å². The number of carbonyl (C=O) groups excluding carboxylic acids is 1. The number of ether oxygens (including phenoxy) is 1.